The summed E-state index contributed by atoms with van der Waals surface area (Å²) >= 11 is 0. The number of nitrogens with one attached hydrogen (secondary N) is 1. The summed E-state index contributed by atoms with van der Waals surface area (Å²) in [6.45, 7) is 13.6. The van der Waals surface area contributed by atoms with Gasteiger partial charge >= 0.3 is 0 Å². The number of benzene rings is 1. The van der Waals surface area contributed by atoms with E-state index in [1.807, 2.05) is 41.1 Å². The molecule has 6 heteroatoms. The van der Waals surface area contributed by atoms with Crippen LogP contribution in [-0.2, 0) is 15.6 Å². The molecule has 1 aromatic carbocycles. The van der Waals surface area contributed by atoms with E-state index < -0.39 is 7.52 Å². The van der Waals surface area contributed by atoms with Gasteiger partial charge in [0, 0.05) is 25.1 Å². The topological polar surface area (TPSA) is 38.3 Å². The van der Waals surface area contributed by atoms with Gasteiger partial charge in [-0.15, -0.1) is 0 Å². The average Bonchev–Trinajstić information content (AvgIpc) is 2.53. The van der Waals surface area contributed by atoms with Gasteiger partial charge in [-0.3, -0.25) is 4.57 Å². The van der Waals surface area contributed by atoms with Crippen molar-refractivity contribution in [2.24, 2.45) is 0 Å². The minimum absolute atomic E-state index is 0. The summed E-state index contributed by atoms with van der Waals surface area (Å²) in [5.41, 5.74) is 1.11. The van der Waals surface area contributed by atoms with Gasteiger partial charge in [-0.05, 0) is 5.56 Å². The Labute approximate surface area is 158 Å². The summed E-state index contributed by atoms with van der Waals surface area (Å²) in [5.74, 6) is 0.840. The van der Waals surface area contributed by atoms with E-state index in [9.17, 15) is 4.57 Å². The fourth-order valence-electron chi connectivity index (χ4n) is 1.34. The van der Waals surface area contributed by atoms with Crippen LogP contribution in [0.2, 0.25) is 0 Å². The van der Waals surface area contributed by atoms with Crippen molar-refractivity contribution in [2.75, 3.05) is 19.0 Å². The molecule has 0 spiro atoms. The van der Waals surface area contributed by atoms with Crippen LogP contribution in [0.1, 0.15) is 54.5 Å². The molecular formula is C18H36NO2PS2. The zero-order valence-electron chi connectivity index (χ0n) is 16.0. The van der Waals surface area contributed by atoms with E-state index >= 15 is 0 Å². The first-order valence-electron chi connectivity index (χ1n) is 8.52. The number of hydrogen-bond acceptors (Lipinski definition) is 4. The smallest absolute Gasteiger partial charge is 0.267 e. The first-order chi connectivity index (χ1) is 11.2. The molecule has 142 valence electrons. The van der Waals surface area contributed by atoms with Crippen LogP contribution in [0.3, 0.4) is 0 Å². The molecule has 3 nitrogen and oxygen atoms in total. The average molecular weight is 394 g/mol. The molecule has 1 aromatic rings. The van der Waals surface area contributed by atoms with E-state index in [1.54, 1.807) is 17.5 Å². The van der Waals surface area contributed by atoms with Gasteiger partial charge in [0.2, 0.25) is 0 Å². The highest BCUT2D eigenvalue weighted by molar-refractivity contribution is 8.77. The van der Waals surface area contributed by atoms with Crippen molar-refractivity contribution in [2.45, 2.75) is 58.8 Å². The van der Waals surface area contributed by atoms with Gasteiger partial charge in [-0.25, -0.2) is 5.09 Å². The highest BCUT2D eigenvalue weighted by Crippen LogP contribution is 2.39. The summed E-state index contributed by atoms with van der Waals surface area (Å²) in [5, 5.41) is 3.00. The second-order valence-corrected chi connectivity index (χ2v) is 12.0. The van der Waals surface area contributed by atoms with E-state index in [4.69, 9.17) is 4.52 Å². The first kappa shape index (κ1) is 24.1. The number of unbranched alkanes of at least 4 members (excludes halogenated alkanes) is 1. The van der Waals surface area contributed by atoms with Gasteiger partial charge in [0.1, 0.15) is 0 Å². The highest BCUT2D eigenvalue weighted by atomic mass is 33.1. The lowest BCUT2D eigenvalue weighted by Gasteiger charge is -2.18. The molecule has 0 saturated carbocycles. The normalized spacial score (nSPS) is 13.8. The molecule has 0 bridgehead atoms. The molecule has 0 saturated heterocycles. The molecule has 0 amide bonds. The van der Waals surface area contributed by atoms with Gasteiger partial charge in [0.05, 0.1) is 6.61 Å². The van der Waals surface area contributed by atoms with E-state index in [2.05, 4.69) is 39.7 Å². The highest BCUT2D eigenvalue weighted by Gasteiger charge is 2.15. The second kappa shape index (κ2) is 13.3. The zero-order chi connectivity index (χ0) is 18.5. The van der Waals surface area contributed by atoms with Crippen molar-refractivity contribution in [3.63, 3.8) is 0 Å². The van der Waals surface area contributed by atoms with Crippen molar-refractivity contribution in [1.29, 1.82) is 0 Å². The maximum Gasteiger partial charge on any atom is 0.267 e. The zero-order valence-corrected chi connectivity index (χ0v) is 18.5. The Hall–Kier alpha value is 0.0700. The lowest BCUT2D eigenvalue weighted by molar-refractivity contribution is 0.332. The predicted molar refractivity (Wildman–Crippen MR) is 115 cm³/mol. The van der Waals surface area contributed by atoms with Crippen molar-refractivity contribution in [3.8, 4) is 0 Å². The predicted octanol–water partition coefficient (Wildman–Crippen LogP) is 6.85. The Morgan fingerprint density at radius 2 is 1.75 bits per heavy atom. The number of rotatable bonds is 9. The van der Waals surface area contributed by atoms with Crippen molar-refractivity contribution < 1.29 is 10.5 Å². The molecule has 0 aromatic heterocycles. The summed E-state index contributed by atoms with van der Waals surface area (Å²) in [7, 11) is 0.868. The van der Waals surface area contributed by atoms with Crippen LogP contribution in [-0.4, -0.2) is 23.8 Å². The molecule has 24 heavy (non-hydrogen) atoms. The molecule has 0 radical (unpaired) electrons. The Morgan fingerprint density at radius 3 is 2.25 bits per heavy atom. The van der Waals surface area contributed by atoms with E-state index in [0.717, 1.165) is 11.3 Å². The lowest BCUT2D eigenvalue weighted by atomic mass is 10.2. The molecule has 1 atom stereocenters. The Morgan fingerprint density at radius 1 is 1.17 bits per heavy atom. The summed E-state index contributed by atoms with van der Waals surface area (Å²) in [4.78, 5) is 0. The molecule has 1 rings (SSSR count). The molecule has 0 heterocycles. The fourth-order valence-corrected chi connectivity index (χ4v) is 4.57. The number of hydrogen-bond donors (Lipinski definition) is 1. The van der Waals surface area contributed by atoms with Crippen molar-refractivity contribution in [1.82, 2.24) is 5.09 Å². The SMILES string of the molecule is CC(C)(C)SSCCOP(C)(=O)NCc1ccccc1.CCCC.[HH]. The molecule has 1 unspecified atom stereocenters. The van der Waals surface area contributed by atoms with Gasteiger partial charge in [0.15, 0.2) is 0 Å². The van der Waals surface area contributed by atoms with Crippen molar-refractivity contribution in [3.05, 3.63) is 35.9 Å². The van der Waals surface area contributed by atoms with Crippen molar-refractivity contribution >= 4 is 29.1 Å². The molecule has 0 aliphatic carbocycles. The maximum atomic E-state index is 12.2. The quantitative estimate of drug-likeness (QED) is 0.282. The van der Waals surface area contributed by atoms with Gasteiger partial charge < -0.3 is 4.52 Å². The minimum Gasteiger partial charge on any atom is -0.317 e. The van der Waals surface area contributed by atoms with Crippen LogP contribution in [0.25, 0.3) is 0 Å². The van der Waals surface area contributed by atoms with Crippen LogP contribution in [0.5, 0.6) is 0 Å². The van der Waals surface area contributed by atoms with Crippen LogP contribution < -0.4 is 5.09 Å². The Bertz CT molecular complexity index is 468. The van der Waals surface area contributed by atoms with Gasteiger partial charge in [-0.1, -0.05) is 99.4 Å². The summed E-state index contributed by atoms with van der Waals surface area (Å²) in [6.07, 6.45) is 2.64. The Balaban J connectivity index is 0. The van der Waals surface area contributed by atoms with Gasteiger partial charge in [0.25, 0.3) is 7.52 Å². The third kappa shape index (κ3) is 15.6. The second-order valence-electron chi connectivity index (χ2n) is 6.52. The van der Waals surface area contributed by atoms with E-state index in [0.29, 0.717) is 13.2 Å². The molecule has 0 aliphatic rings. The first-order valence-corrected chi connectivity index (χ1v) is 12.9. The maximum absolute atomic E-state index is 12.2. The van der Waals surface area contributed by atoms with Crippen LogP contribution in [0.4, 0.5) is 0 Å². The fraction of sp³-hybridized carbons (Fsp3) is 0.667. The standard InChI is InChI=1S/C14H24NO2PS2.C4H10.H2/c1-14(2,3)20-19-11-10-17-18(4,16)15-12-13-8-6-5-7-9-13;1-3-4-2;/h5-9H,10-12H2,1-4H3,(H,15,16);3-4H2,1-2H3;1H. The van der Waals surface area contributed by atoms with Crippen LogP contribution in [0.15, 0.2) is 30.3 Å². The lowest BCUT2D eigenvalue weighted by Crippen LogP contribution is -2.12. The molecule has 1 N–H and O–H groups in total. The summed E-state index contributed by atoms with van der Waals surface area (Å²) < 4.78 is 17.9. The van der Waals surface area contributed by atoms with E-state index in [-0.39, 0.29) is 6.17 Å². The monoisotopic (exact) mass is 393 g/mol. The molecular weight excluding hydrogens is 357 g/mol. The van der Waals surface area contributed by atoms with Crippen LogP contribution >= 0.6 is 29.1 Å². The molecule has 0 fully saturated rings. The summed E-state index contributed by atoms with van der Waals surface area (Å²) in [6, 6.07) is 9.92. The molecule has 0 aliphatic heterocycles. The largest absolute Gasteiger partial charge is 0.317 e. The van der Waals surface area contributed by atoms with Gasteiger partial charge in [-0.2, -0.15) is 0 Å². The van der Waals surface area contributed by atoms with E-state index in [1.165, 1.54) is 12.8 Å². The third-order valence-electron chi connectivity index (χ3n) is 2.73. The minimum atomic E-state index is -2.71. The third-order valence-corrected chi connectivity index (χ3v) is 7.44. The Kier molecular flexibility index (Phi) is 13.3. The van der Waals surface area contributed by atoms with Crippen LogP contribution in [0, 0.1) is 0 Å².